The fraction of sp³-hybridized carbons (Fsp3) is 0.278. The van der Waals surface area contributed by atoms with Crippen molar-refractivity contribution in [2.45, 2.75) is 23.6 Å². The average molecular weight is 346 g/mol. The van der Waals surface area contributed by atoms with Crippen LogP contribution in [0.3, 0.4) is 0 Å². The smallest absolute Gasteiger partial charge is 0.319 e. The van der Waals surface area contributed by atoms with Crippen LogP contribution in [0, 0.1) is 0 Å². The molecule has 0 heterocycles. The van der Waals surface area contributed by atoms with Gasteiger partial charge in [0.15, 0.2) is 0 Å². The van der Waals surface area contributed by atoms with Crippen molar-refractivity contribution in [2.24, 2.45) is 0 Å². The summed E-state index contributed by atoms with van der Waals surface area (Å²) in [6.45, 7) is 2.31. The van der Waals surface area contributed by atoms with Gasteiger partial charge in [-0.05, 0) is 36.8 Å². The number of ether oxygens (including phenoxy) is 1. The topological polar surface area (TPSA) is 67.4 Å². The molecule has 0 aromatic heterocycles. The van der Waals surface area contributed by atoms with Gasteiger partial charge < -0.3 is 15.4 Å². The third-order valence-electron chi connectivity index (χ3n) is 3.28. The van der Waals surface area contributed by atoms with Gasteiger partial charge in [-0.25, -0.2) is 4.79 Å². The van der Waals surface area contributed by atoms with E-state index < -0.39 is 10.8 Å². The number of benzene rings is 2. The third-order valence-corrected chi connectivity index (χ3v) is 4.68. The monoisotopic (exact) mass is 346 g/mol. The predicted octanol–water partition coefficient (Wildman–Crippen LogP) is 3.15. The Morgan fingerprint density at radius 1 is 1.17 bits per heavy atom. The van der Waals surface area contributed by atoms with Gasteiger partial charge in [0.2, 0.25) is 0 Å². The van der Waals surface area contributed by atoms with Gasteiger partial charge in [-0.2, -0.15) is 0 Å². The number of hydrogen-bond acceptors (Lipinski definition) is 3. The fourth-order valence-corrected chi connectivity index (χ4v) is 3.34. The quantitative estimate of drug-likeness (QED) is 0.809. The molecule has 2 rings (SSSR count). The van der Waals surface area contributed by atoms with E-state index in [0.717, 1.165) is 10.5 Å². The van der Waals surface area contributed by atoms with Gasteiger partial charge in [-0.3, -0.25) is 4.21 Å². The standard InChI is InChI=1S/C18H22N2O3S/c1-14(12-23-2)19-18(21)20-16-8-6-7-15(11-16)13-24(22)17-9-4-3-5-10-17/h3-11,14H,12-13H2,1-2H3,(H2,19,20,21)/t14-,24+/m1/s1. The Labute approximate surface area is 144 Å². The normalized spacial score (nSPS) is 13.1. The van der Waals surface area contributed by atoms with Crippen LogP contribution in [0.4, 0.5) is 10.5 Å². The van der Waals surface area contributed by atoms with E-state index in [1.807, 2.05) is 55.5 Å². The van der Waals surface area contributed by atoms with E-state index in [1.54, 1.807) is 13.2 Å². The zero-order chi connectivity index (χ0) is 17.4. The van der Waals surface area contributed by atoms with Crippen LogP contribution in [0.1, 0.15) is 12.5 Å². The molecule has 0 saturated carbocycles. The number of carbonyl (C=O) groups excluding carboxylic acids is 1. The number of carbonyl (C=O) groups is 1. The molecule has 0 bridgehead atoms. The van der Waals surface area contributed by atoms with Crippen LogP contribution in [-0.4, -0.2) is 30.0 Å². The van der Waals surface area contributed by atoms with E-state index in [0.29, 0.717) is 18.0 Å². The Bertz CT molecular complexity index is 692. The molecule has 0 radical (unpaired) electrons. The fourth-order valence-electron chi connectivity index (χ4n) is 2.23. The highest BCUT2D eigenvalue weighted by molar-refractivity contribution is 7.84. The van der Waals surface area contributed by atoms with E-state index in [-0.39, 0.29) is 12.1 Å². The first-order valence-corrected chi connectivity index (χ1v) is 8.99. The Kier molecular flexibility index (Phi) is 6.96. The van der Waals surface area contributed by atoms with Gasteiger partial charge in [0.1, 0.15) is 0 Å². The van der Waals surface area contributed by atoms with Crippen molar-refractivity contribution in [1.82, 2.24) is 5.32 Å². The molecule has 2 aromatic carbocycles. The van der Waals surface area contributed by atoms with E-state index in [1.165, 1.54) is 0 Å². The molecule has 0 fully saturated rings. The molecule has 0 unspecified atom stereocenters. The Hall–Kier alpha value is -2.18. The SMILES string of the molecule is COC[C@@H](C)NC(=O)Nc1cccc(C[S@](=O)c2ccccc2)c1. The van der Waals surface area contributed by atoms with E-state index in [4.69, 9.17) is 4.74 Å². The lowest BCUT2D eigenvalue weighted by Gasteiger charge is -2.14. The number of urea groups is 1. The maximum absolute atomic E-state index is 12.4. The third kappa shape index (κ3) is 5.79. The summed E-state index contributed by atoms with van der Waals surface area (Å²) in [6, 6.07) is 16.3. The number of rotatable bonds is 7. The van der Waals surface area contributed by atoms with Crippen molar-refractivity contribution in [1.29, 1.82) is 0 Å². The van der Waals surface area contributed by atoms with Gasteiger partial charge in [0.05, 0.1) is 29.2 Å². The van der Waals surface area contributed by atoms with E-state index in [2.05, 4.69) is 10.6 Å². The number of amides is 2. The highest BCUT2D eigenvalue weighted by Gasteiger charge is 2.09. The lowest BCUT2D eigenvalue weighted by Crippen LogP contribution is -2.38. The van der Waals surface area contributed by atoms with Crippen LogP contribution < -0.4 is 10.6 Å². The zero-order valence-corrected chi connectivity index (χ0v) is 14.6. The highest BCUT2D eigenvalue weighted by atomic mass is 32.2. The number of nitrogens with one attached hydrogen (secondary N) is 2. The summed E-state index contributed by atoms with van der Waals surface area (Å²) in [6.07, 6.45) is 0. The van der Waals surface area contributed by atoms with Crippen molar-refractivity contribution in [3.05, 3.63) is 60.2 Å². The van der Waals surface area contributed by atoms with Gasteiger partial charge >= 0.3 is 6.03 Å². The second-order valence-electron chi connectivity index (χ2n) is 5.46. The van der Waals surface area contributed by atoms with E-state index in [9.17, 15) is 9.00 Å². The van der Waals surface area contributed by atoms with Crippen LogP contribution in [-0.2, 0) is 21.3 Å². The number of anilines is 1. The minimum absolute atomic E-state index is 0.0798. The van der Waals surface area contributed by atoms with Crippen LogP contribution in [0.2, 0.25) is 0 Å². The summed E-state index contributed by atoms with van der Waals surface area (Å²) < 4.78 is 17.3. The largest absolute Gasteiger partial charge is 0.383 e. The second-order valence-corrected chi connectivity index (χ2v) is 6.91. The molecular formula is C18H22N2O3S. The summed E-state index contributed by atoms with van der Waals surface area (Å²) in [4.78, 5) is 12.7. The molecular weight excluding hydrogens is 324 g/mol. The number of methoxy groups -OCH3 is 1. The Morgan fingerprint density at radius 2 is 1.92 bits per heavy atom. The first kappa shape index (κ1) is 18.2. The number of hydrogen-bond donors (Lipinski definition) is 2. The minimum Gasteiger partial charge on any atom is -0.383 e. The highest BCUT2D eigenvalue weighted by Crippen LogP contribution is 2.16. The van der Waals surface area contributed by atoms with Gasteiger partial charge in [0, 0.05) is 17.7 Å². The second kappa shape index (κ2) is 9.20. The Balaban J connectivity index is 1.96. The lowest BCUT2D eigenvalue weighted by molar-refractivity contribution is 0.173. The lowest BCUT2D eigenvalue weighted by atomic mass is 10.2. The maximum atomic E-state index is 12.4. The van der Waals surface area contributed by atoms with Crippen LogP contribution in [0.5, 0.6) is 0 Å². The predicted molar refractivity (Wildman–Crippen MR) is 96.5 cm³/mol. The molecule has 0 aliphatic heterocycles. The Morgan fingerprint density at radius 3 is 2.62 bits per heavy atom. The first-order chi connectivity index (χ1) is 11.6. The maximum Gasteiger partial charge on any atom is 0.319 e. The molecule has 2 atom stereocenters. The van der Waals surface area contributed by atoms with E-state index >= 15 is 0 Å². The summed E-state index contributed by atoms with van der Waals surface area (Å²) >= 11 is 0. The molecule has 5 nitrogen and oxygen atoms in total. The van der Waals surface area contributed by atoms with Crippen LogP contribution in [0.15, 0.2) is 59.5 Å². The summed E-state index contributed by atoms with van der Waals surface area (Å²) in [5, 5.41) is 5.56. The summed E-state index contributed by atoms with van der Waals surface area (Å²) in [5.74, 6) is 0.404. The molecule has 2 N–H and O–H groups in total. The van der Waals surface area contributed by atoms with Crippen molar-refractivity contribution in [3.63, 3.8) is 0 Å². The average Bonchev–Trinajstić information content (AvgIpc) is 2.56. The molecule has 0 saturated heterocycles. The molecule has 128 valence electrons. The van der Waals surface area contributed by atoms with Crippen molar-refractivity contribution >= 4 is 22.5 Å². The van der Waals surface area contributed by atoms with Crippen LogP contribution >= 0.6 is 0 Å². The molecule has 0 aliphatic rings. The van der Waals surface area contributed by atoms with Crippen molar-refractivity contribution in [3.8, 4) is 0 Å². The van der Waals surface area contributed by atoms with Crippen LogP contribution in [0.25, 0.3) is 0 Å². The molecule has 0 spiro atoms. The molecule has 0 aliphatic carbocycles. The summed E-state index contributed by atoms with van der Waals surface area (Å²) in [7, 11) is 0.478. The molecule has 24 heavy (non-hydrogen) atoms. The first-order valence-electron chi connectivity index (χ1n) is 7.67. The summed E-state index contributed by atoms with van der Waals surface area (Å²) in [5.41, 5.74) is 1.57. The van der Waals surface area contributed by atoms with Gasteiger partial charge in [0.25, 0.3) is 0 Å². The zero-order valence-electron chi connectivity index (χ0n) is 13.8. The van der Waals surface area contributed by atoms with Gasteiger partial charge in [-0.1, -0.05) is 30.3 Å². The molecule has 2 amide bonds. The van der Waals surface area contributed by atoms with Gasteiger partial charge in [-0.15, -0.1) is 0 Å². The molecule has 6 heteroatoms. The van der Waals surface area contributed by atoms with Crippen molar-refractivity contribution < 1.29 is 13.7 Å². The van der Waals surface area contributed by atoms with Crippen molar-refractivity contribution in [2.75, 3.05) is 19.0 Å². The minimum atomic E-state index is -1.11. The molecule has 2 aromatic rings.